The molecule has 1 atom stereocenters. The molecule has 0 saturated carbocycles. The molecule has 1 saturated heterocycles. The van der Waals surface area contributed by atoms with Crippen LogP contribution in [0.1, 0.15) is 31.2 Å². The van der Waals surface area contributed by atoms with Crippen LogP contribution in [0.5, 0.6) is 0 Å². The van der Waals surface area contributed by atoms with Crippen LogP contribution < -0.4 is 5.32 Å². The summed E-state index contributed by atoms with van der Waals surface area (Å²) in [5.74, 6) is 0. The second-order valence-electron chi connectivity index (χ2n) is 4.99. The first kappa shape index (κ1) is 13.9. The zero-order chi connectivity index (χ0) is 13.5. The van der Waals surface area contributed by atoms with E-state index in [1.165, 1.54) is 6.42 Å². The highest BCUT2D eigenvalue weighted by Crippen LogP contribution is 2.16. The van der Waals surface area contributed by atoms with Gasteiger partial charge in [-0.15, -0.1) is 0 Å². The molecular weight excluding hydrogens is 244 g/mol. The molecule has 0 unspecified atom stereocenters. The summed E-state index contributed by atoms with van der Waals surface area (Å²) in [5.41, 5.74) is 0.973. The highest BCUT2D eigenvalue weighted by molar-refractivity contribution is 5.73. The molecule has 0 bridgehead atoms. The number of nitrogens with zero attached hydrogens (tertiary/aromatic N) is 1. The minimum absolute atomic E-state index is 0.0476. The lowest BCUT2D eigenvalue weighted by molar-refractivity contribution is 0.100. The fourth-order valence-electron chi connectivity index (χ4n) is 2.24. The average Bonchev–Trinajstić information content (AvgIpc) is 3.08. The van der Waals surface area contributed by atoms with Gasteiger partial charge in [-0.1, -0.05) is 0 Å². The van der Waals surface area contributed by atoms with E-state index in [9.17, 15) is 4.79 Å². The molecule has 1 fully saturated rings. The van der Waals surface area contributed by atoms with Crippen molar-refractivity contribution in [3.8, 4) is 0 Å². The van der Waals surface area contributed by atoms with Gasteiger partial charge < -0.3 is 19.4 Å². The molecular formula is C14H22N2O3. The molecule has 1 aliphatic rings. The van der Waals surface area contributed by atoms with Gasteiger partial charge in [0.1, 0.15) is 0 Å². The van der Waals surface area contributed by atoms with E-state index in [-0.39, 0.29) is 6.03 Å². The Labute approximate surface area is 113 Å². The Morgan fingerprint density at radius 2 is 2.47 bits per heavy atom. The van der Waals surface area contributed by atoms with Crippen LogP contribution in [0.2, 0.25) is 0 Å². The standard InChI is InChI=1S/C14H22N2O3/c1-16(7-2-4-13-5-3-8-19-13)14(17)15-10-12-6-9-18-11-12/h6,9,11,13H,2-5,7-8,10H2,1H3,(H,15,17)/t13-/m0/s1. The predicted octanol–water partition coefficient (Wildman–Crippen LogP) is 2.38. The smallest absolute Gasteiger partial charge is 0.317 e. The van der Waals surface area contributed by atoms with E-state index in [1.54, 1.807) is 17.4 Å². The fraction of sp³-hybridized carbons (Fsp3) is 0.643. The normalized spacial score (nSPS) is 18.5. The van der Waals surface area contributed by atoms with Gasteiger partial charge in [0, 0.05) is 32.3 Å². The Hall–Kier alpha value is -1.49. The number of amides is 2. The molecule has 1 N–H and O–H groups in total. The number of hydrogen-bond donors (Lipinski definition) is 1. The summed E-state index contributed by atoms with van der Waals surface area (Å²) in [5, 5.41) is 2.86. The number of hydrogen-bond acceptors (Lipinski definition) is 3. The van der Waals surface area contributed by atoms with Crippen LogP contribution in [0.4, 0.5) is 4.79 Å². The molecule has 2 amide bonds. The molecule has 0 spiro atoms. The van der Waals surface area contributed by atoms with Gasteiger partial charge in [0.15, 0.2) is 0 Å². The van der Waals surface area contributed by atoms with E-state index < -0.39 is 0 Å². The number of rotatable bonds is 6. The number of carbonyl (C=O) groups is 1. The minimum atomic E-state index is -0.0476. The number of urea groups is 1. The van der Waals surface area contributed by atoms with Crippen LogP contribution in [0, 0.1) is 0 Å². The van der Waals surface area contributed by atoms with Crippen molar-refractivity contribution in [3.05, 3.63) is 24.2 Å². The maximum atomic E-state index is 11.8. The summed E-state index contributed by atoms with van der Waals surface area (Å²) in [7, 11) is 1.82. The van der Waals surface area contributed by atoms with E-state index in [4.69, 9.17) is 9.15 Å². The number of nitrogens with one attached hydrogen (secondary N) is 1. The SMILES string of the molecule is CN(CCC[C@H]1CCCO1)C(=O)NCc1ccoc1. The Morgan fingerprint density at radius 3 is 3.16 bits per heavy atom. The molecule has 1 aliphatic heterocycles. The van der Waals surface area contributed by atoms with Crippen LogP contribution >= 0.6 is 0 Å². The van der Waals surface area contributed by atoms with Crippen molar-refractivity contribution < 1.29 is 13.9 Å². The number of carbonyl (C=O) groups excluding carboxylic acids is 1. The number of ether oxygens (including phenoxy) is 1. The van der Waals surface area contributed by atoms with Crippen LogP contribution in [-0.4, -0.2) is 37.2 Å². The molecule has 2 heterocycles. The molecule has 1 aromatic heterocycles. The van der Waals surface area contributed by atoms with Gasteiger partial charge in [-0.25, -0.2) is 4.79 Å². The highest BCUT2D eigenvalue weighted by Gasteiger charge is 2.15. The zero-order valence-electron chi connectivity index (χ0n) is 11.4. The zero-order valence-corrected chi connectivity index (χ0v) is 11.4. The van der Waals surface area contributed by atoms with Crippen molar-refractivity contribution in [1.82, 2.24) is 10.2 Å². The number of furan rings is 1. The van der Waals surface area contributed by atoms with Crippen molar-refractivity contribution in [2.75, 3.05) is 20.2 Å². The van der Waals surface area contributed by atoms with Gasteiger partial charge >= 0.3 is 6.03 Å². The third kappa shape index (κ3) is 4.59. The lowest BCUT2D eigenvalue weighted by Crippen LogP contribution is -2.37. The van der Waals surface area contributed by atoms with Crippen molar-refractivity contribution in [2.24, 2.45) is 0 Å². The summed E-state index contributed by atoms with van der Waals surface area (Å²) in [6.07, 6.45) is 8.01. The van der Waals surface area contributed by atoms with Gasteiger partial charge in [-0.2, -0.15) is 0 Å². The van der Waals surface area contributed by atoms with E-state index >= 15 is 0 Å². The molecule has 19 heavy (non-hydrogen) atoms. The van der Waals surface area contributed by atoms with E-state index in [2.05, 4.69) is 5.32 Å². The van der Waals surface area contributed by atoms with Gasteiger partial charge in [-0.3, -0.25) is 0 Å². The Morgan fingerprint density at radius 1 is 1.58 bits per heavy atom. The van der Waals surface area contributed by atoms with Gasteiger partial charge in [-0.05, 0) is 31.7 Å². The summed E-state index contributed by atoms with van der Waals surface area (Å²) in [4.78, 5) is 13.5. The molecule has 106 valence electrons. The van der Waals surface area contributed by atoms with Crippen molar-refractivity contribution >= 4 is 6.03 Å². The van der Waals surface area contributed by atoms with E-state index in [0.717, 1.165) is 38.0 Å². The van der Waals surface area contributed by atoms with Crippen LogP contribution in [-0.2, 0) is 11.3 Å². The first-order valence-electron chi connectivity index (χ1n) is 6.87. The van der Waals surface area contributed by atoms with E-state index in [0.29, 0.717) is 12.6 Å². The Bertz CT molecular complexity index is 372. The average molecular weight is 266 g/mol. The third-order valence-electron chi connectivity index (χ3n) is 3.41. The first-order valence-corrected chi connectivity index (χ1v) is 6.87. The van der Waals surface area contributed by atoms with Crippen LogP contribution in [0.15, 0.2) is 23.0 Å². The second kappa shape index (κ2) is 7.19. The first-order chi connectivity index (χ1) is 9.25. The lowest BCUT2D eigenvalue weighted by Gasteiger charge is -2.18. The monoisotopic (exact) mass is 266 g/mol. The molecule has 0 aromatic carbocycles. The Kier molecular flexibility index (Phi) is 5.27. The summed E-state index contributed by atoms with van der Waals surface area (Å²) < 4.78 is 10.5. The van der Waals surface area contributed by atoms with Crippen LogP contribution in [0.25, 0.3) is 0 Å². The molecule has 5 heteroatoms. The summed E-state index contributed by atoms with van der Waals surface area (Å²) in [6.45, 7) is 2.16. The van der Waals surface area contributed by atoms with Gasteiger partial charge in [0.25, 0.3) is 0 Å². The summed E-state index contributed by atoms with van der Waals surface area (Å²) >= 11 is 0. The van der Waals surface area contributed by atoms with Crippen LogP contribution in [0.3, 0.4) is 0 Å². The molecule has 0 radical (unpaired) electrons. The van der Waals surface area contributed by atoms with Crippen molar-refractivity contribution in [1.29, 1.82) is 0 Å². The topological polar surface area (TPSA) is 54.7 Å². The maximum Gasteiger partial charge on any atom is 0.317 e. The molecule has 0 aliphatic carbocycles. The molecule has 5 nitrogen and oxygen atoms in total. The van der Waals surface area contributed by atoms with E-state index in [1.807, 2.05) is 13.1 Å². The maximum absolute atomic E-state index is 11.8. The summed E-state index contributed by atoms with van der Waals surface area (Å²) in [6, 6.07) is 1.80. The van der Waals surface area contributed by atoms with Crippen molar-refractivity contribution in [2.45, 2.75) is 38.3 Å². The minimum Gasteiger partial charge on any atom is -0.472 e. The van der Waals surface area contributed by atoms with Crippen molar-refractivity contribution in [3.63, 3.8) is 0 Å². The van der Waals surface area contributed by atoms with Gasteiger partial charge in [0.2, 0.25) is 0 Å². The van der Waals surface area contributed by atoms with Gasteiger partial charge in [0.05, 0.1) is 18.6 Å². The highest BCUT2D eigenvalue weighted by atomic mass is 16.5. The largest absolute Gasteiger partial charge is 0.472 e. The predicted molar refractivity (Wildman–Crippen MR) is 71.8 cm³/mol. The molecule has 1 aromatic rings. The third-order valence-corrected chi connectivity index (χ3v) is 3.41. The Balaban J connectivity index is 1.59. The second-order valence-corrected chi connectivity index (χ2v) is 4.99. The lowest BCUT2D eigenvalue weighted by atomic mass is 10.1. The molecule has 2 rings (SSSR count). The quantitative estimate of drug-likeness (QED) is 0.860. The fourth-order valence-corrected chi connectivity index (χ4v) is 2.24.